The Morgan fingerprint density at radius 3 is 2.63 bits per heavy atom. The van der Waals surface area contributed by atoms with E-state index in [1.54, 1.807) is 0 Å². The van der Waals surface area contributed by atoms with Crippen molar-refractivity contribution in [3.05, 3.63) is 23.8 Å². The van der Waals surface area contributed by atoms with Gasteiger partial charge in [0.15, 0.2) is 0 Å². The molecule has 0 radical (unpaired) electrons. The number of nitrogens with one attached hydrogen (secondary N) is 1. The maximum Gasteiger partial charge on any atom is 0.488 e. The fraction of sp³-hybridized carbons (Fsp3) is 0.455. The quantitative estimate of drug-likeness (QED) is 0.641. The Labute approximate surface area is 117 Å². The van der Waals surface area contributed by atoms with Crippen LogP contribution in [0.15, 0.2) is 23.1 Å². The number of nitrogens with zero attached hydrogens (tertiary/aromatic N) is 1. The molecule has 0 amide bonds. The van der Waals surface area contributed by atoms with Crippen LogP contribution in [0.1, 0.15) is 5.56 Å². The number of piperazine rings is 1. The van der Waals surface area contributed by atoms with Crippen molar-refractivity contribution < 1.29 is 16.5 Å². The molecule has 5 nitrogen and oxygen atoms in total. The zero-order valence-electron chi connectivity index (χ0n) is 10.2. The summed E-state index contributed by atoms with van der Waals surface area (Å²) in [5.41, 5.74) is 0.841. The van der Waals surface area contributed by atoms with Crippen LogP contribution in [0.25, 0.3) is 0 Å². The first-order valence-corrected chi connectivity index (χ1v) is 7.58. The topological polar surface area (TPSA) is 58.6 Å². The second-order valence-electron chi connectivity index (χ2n) is 4.34. The Morgan fingerprint density at radius 2 is 2.00 bits per heavy atom. The van der Waals surface area contributed by atoms with E-state index in [1.165, 1.54) is 12.1 Å². The van der Waals surface area contributed by atoms with Crippen LogP contribution >= 0.6 is 12.6 Å². The van der Waals surface area contributed by atoms with E-state index in [0.717, 1.165) is 31.7 Å². The van der Waals surface area contributed by atoms with Crippen molar-refractivity contribution in [3.63, 3.8) is 0 Å². The van der Waals surface area contributed by atoms with Crippen molar-refractivity contribution in [1.29, 1.82) is 0 Å². The van der Waals surface area contributed by atoms with Gasteiger partial charge in [-0.3, -0.25) is 4.90 Å². The molecule has 19 heavy (non-hydrogen) atoms. The summed E-state index contributed by atoms with van der Waals surface area (Å²) < 4.78 is 37.7. The van der Waals surface area contributed by atoms with Crippen molar-refractivity contribution in [2.45, 2.75) is 11.4 Å². The lowest BCUT2D eigenvalue weighted by molar-refractivity contribution is 0.233. The molecule has 0 aliphatic carbocycles. The molecule has 0 aromatic heterocycles. The van der Waals surface area contributed by atoms with Crippen LogP contribution in [0, 0.1) is 0 Å². The van der Waals surface area contributed by atoms with Crippen LogP contribution in [-0.4, -0.2) is 39.5 Å². The molecule has 0 unspecified atom stereocenters. The number of thiol groups is 1. The first kappa shape index (κ1) is 14.6. The molecule has 1 aliphatic heterocycles. The van der Waals surface area contributed by atoms with Crippen LogP contribution in [0.3, 0.4) is 0 Å². The standard InChI is InChI=1S/C11H15FN2O3S2/c12-19(15,16)17-10-5-9(6-11(18)7-10)8-14-3-1-13-2-4-14/h5-7,13,18H,1-4,8H2. The van der Waals surface area contributed by atoms with Gasteiger partial charge in [0.25, 0.3) is 0 Å². The largest absolute Gasteiger partial charge is 0.488 e. The van der Waals surface area contributed by atoms with Crippen molar-refractivity contribution in [2.24, 2.45) is 0 Å². The molecular formula is C11H15FN2O3S2. The summed E-state index contributed by atoms with van der Waals surface area (Å²) in [4.78, 5) is 2.75. The van der Waals surface area contributed by atoms with Crippen LogP contribution in [0.4, 0.5) is 3.89 Å². The predicted octanol–water partition coefficient (Wildman–Crippen LogP) is 0.974. The summed E-state index contributed by atoms with van der Waals surface area (Å²) in [5.74, 6) is -0.0554. The minimum Gasteiger partial charge on any atom is -0.358 e. The van der Waals surface area contributed by atoms with Gasteiger partial charge in [-0.15, -0.1) is 12.6 Å². The fourth-order valence-electron chi connectivity index (χ4n) is 2.03. The lowest BCUT2D eigenvalue weighted by Crippen LogP contribution is -2.42. The van der Waals surface area contributed by atoms with Crippen LogP contribution in [0.2, 0.25) is 0 Å². The molecular weight excluding hydrogens is 291 g/mol. The molecule has 8 heteroatoms. The Hall–Kier alpha value is -0.830. The summed E-state index contributed by atoms with van der Waals surface area (Å²) in [6, 6.07) is 4.68. The summed E-state index contributed by atoms with van der Waals surface area (Å²) in [5, 5.41) is 3.24. The van der Waals surface area contributed by atoms with Gasteiger partial charge in [0.05, 0.1) is 0 Å². The van der Waals surface area contributed by atoms with Crippen molar-refractivity contribution >= 4 is 23.1 Å². The highest BCUT2D eigenvalue weighted by Gasteiger charge is 2.13. The smallest absolute Gasteiger partial charge is 0.358 e. The number of hydrogen-bond acceptors (Lipinski definition) is 6. The van der Waals surface area contributed by atoms with E-state index in [1.807, 2.05) is 6.07 Å². The number of rotatable bonds is 4. The normalized spacial score (nSPS) is 17.4. The van der Waals surface area contributed by atoms with E-state index in [0.29, 0.717) is 11.4 Å². The predicted molar refractivity (Wildman–Crippen MR) is 72.5 cm³/mol. The second kappa shape index (κ2) is 6.08. The van der Waals surface area contributed by atoms with Crippen LogP contribution in [-0.2, 0) is 17.0 Å². The average Bonchev–Trinajstić information content (AvgIpc) is 2.26. The van der Waals surface area contributed by atoms with E-state index in [4.69, 9.17) is 0 Å². The summed E-state index contributed by atoms with van der Waals surface area (Å²) in [7, 11) is -5.00. The van der Waals surface area contributed by atoms with Crippen molar-refractivity contribution in [3.8, 4) is 5.75 Å². The number of hydrogen-bond donors (Lipinski definition) is 2. The lowest BCUT2D eigenvalue weighted by Gasteiger charge is -2.27. The average molecular weight is 306 g/mol. The molecule has 1 aliphatic rings. The van der Waals surface area contributed by atoms with Gasteiger partial charge in [0, 0.05) is 37.6 Å². The SMILES string of the molecule is O=S(=O)(F)Oc1cc(S)cc(CN2CCNCC2)c1. The molecule has 1 heterocycles. The summed E-state index contributed by atoms with van der Waals surface area (Å²) in [6.07, 6.45) is 0. The van der Waals surface area contributed by atoms with Crippen molar-refractivity contribution in [2.75, 3.05) is 26.2 Å². The Bertz CT molecular complexity index is 545. The molecule has 106 valence electrons. The highest BCUT2D eigenvalue weighted by atomic mass is 32.3. The number of halogens is 1. The van der Waals surface area contributed by atoms with Gasteiger partial charge in [0.1, 0.15) is 5.75 Å². The second-order valence-corrected chi connectivity index (χ2v) is 5.81. The Balaban J connectivity index is 2.11. The number of benzene rings is 1. The van der Waals surface area contributed by atoms with E-state index in [-0.39, 0.29) is 5.75 Å². The minimum absolute atomic E-state index is 0.0554. The van der Waals surface area contributed by atoms with Crippen LogP contribution < -0.4 is 9.50 Å². The first-order chi connectivity index (χ1) is 8.92. The molecule has 0 bridgehead atoms. The zero-order valence-corrected chi connectivity index (χ0v) is 11.9. The highest BCUT2D eigenvalue weighted by Crippen LogP contribution is 2.22. The maximum absolute atomic E-state index is 12.5. The van der Waals surface area contributed by atoms with Gasteiger partial charge >= 0.3 is 10.5 Å². The van der Waals surface area contributed by atoms with E-state index in [2.05, 4.69) is 27.0 Å². The molecule has 0 saturated carbocycles. The van der Waals surface area contributed by atoms with Gasteiger partial charge in [-0.25, -0.2) is 0 Å². The molecule has 1 aromatic carbocycles. The first-order valence-electron chi connectivity index (χ1n) is 5.82. The summed E-state index contributed by atoms with van der Waals surface area (Å²) >= 11 is 4.16. The van der Waals surface area contributed by atoms with Gasteiger partial charge in [-0.05, 0) is 23.8 Å². The minimum atomic E-state index is -5.00. The van der Waals surface area contributed by atoms with Crippen LogP contribution in [0.5, 0.6) is 5.75 Å². The third kappa shape index (κ3) is 4.98. The van der Waals surface area contributed by atoms with Gasteiger partial charge in [0.2, 0.25) is 0 Å². The third-order valence-corrected chi connectivity index (χ3v) is 3.41. The van der Waals surface area contributed by atoms with Gasteiger partial charge in [-0.2, -0.15) is 8.42 Å². The summed E-state index contributed by atoms with van der Waals surface area (Å²) in [6.45, 7) is 4.31. The van der Waals surface area contributed by atoms with Gasteiger partial charge < -0.3 is 9.50 Å². The maximum atomic E-state index is 12.5. The highest BCUT2D eigenvalue weighted by molar-refractivity contribution is 7.81. The van der Waals surface area contributed by atoms with E-state index in [9.17, 15) is 12.3 Å². The zero-order chi connectivity index (χ0) is 13.9. The molecule has 0 spiro atoms. The third-order valence-electron chi connectivity index (χ3n) is 2.76. The lowest BCUT2D eigenvalue weighted by atomic mass is 10.2. The fourth-order valence-corrected chi connectivity index (χ4v) is 2.64. The van der Waals surface area contributed by atoms with E-state index >= 15 is 0 Å². The molecule has 1 N–H and O–H groups in total. The Morgan fingerprint density at radius 1 is 1.32 bits per heavy atom. The van der Waals surface area contributed by atoms with E-state index < -0.39 is 10.5 Å². The molecule has 1 fully saturated rings. The molecule has 1 aromatic rings. The van der Waals surface area contributed by atoms with Crippen molar-refractivity contribution in [1.82, 2.24) is 10.2 Å². The Kier molecular flexibility index (Phi) is 4.67. The monoisotopic (exact) mass is 306 g/mol. The van der Waals surface area contributed by atoms with Gasteiger partial charge in [-0.1, -0.05) is 3.89 Å². The molecule has 0 atom stereocenters. The molecule has 2 rings (SSSR count). The molecule has 1 saturated heterocycles.